The van der Waals surface area contributed by atoms with Gasteiger partial charge in [0.2, 0.25) is 17.7 Å². The van der Waals surface area contributed by atoms with Gasteiger partial charge in [0.05, 0.1) is 4.88 Å². The van der Waals surface area contributed by atoms with Gasteiger partial charge < -0.3 is 29.8 Å². The molecule has 0 saturated carbocycles. The molecule has 256 valence electrons. The molecule has 0 spiro atoms. The molecule has 1 aromatic heterocycles. The van der Waals surface area contributed by atoms with E-state index in [1.54, 1.807) is 4.90 Å². The van der Waals surface area contributed by atoms with Gasteiger partial charge in [-0.25, -0.2) is 0 Å². The van der Waals surface area contributed by atoms with Crippen LogP contribution in [0.25, 0.3) is 10.1 Å². The summed E-state index contributed by atoms with van der Waals surface area (Å²) in [6.07, 6.45) is 3.36. The fourth-order valence-electron chi connectivity index (χ4n) is 7.14. The van der Waals surface area contributed by atoms with Crippen LogP contribution in [0.3, 0.4) is 0 Å². The largest absolute Gasteiger partial charge is 0.399 e. The van der Waals surface area contributed by atoms with Gasteiger partial charge in [-0.05, 0) is 61.3 Å². The smallest absolute Gasteiger partial charge is 0.340 e. The second-order valence-corrected chi connectivity index (χ2v) is 15.5. The zero-order chi connectivity index (χ0) is 34.4. The Morgan fingerprint density at radius 2 is 1.71 bits per heavy atom. The van der Waals surface area contributed by atoms with Crippen molar-refractivity contribution >= 4 is 52.6 Å². The number of benzene rings is 2. The lowest BCUT2D eigenvalue weighted by Crippen LogP contribution is -2.61. The minimum absolute atomic E-state index is 0.0803. The number of piperidine rings is 1. The molecule has 15 heteroatoms. The van der Waals surface area contributed by atoms with Crippen LogP contribution in [0.15, 0.2) is 54.6 Å². The molecule has 0 aliphatic carbocycles. The van der Waals surface area contributed by atoms with Crippen molar-refractivity contribution in [1.82, 2.24) is 20.0 Å². The molecule has 3 aliphatic rings. The highest BCUT2D eigenvalue weighted by molar-refractivity contribution is 7.52. The summed E-state index contributed by atoms with van der Waals surface area (Å²) in [5, 5.41) is 2.91. The summed E-state index contributed by atoms with van der Waals surface area (Å²) in [6, 6.07) is 12.3. The van der Waals surface area contributed by atoms with E-state index in [2.05, 4.69) is 17.4 Å². The van der Waals surface area contributed by atoms with Crippen LogP contribution >= 0.6 is 18.9 Å². The molecule has 3 aromatic rings. The van der Waals surface area contributed by atoms with Crippen molar-refractivity contribution < 1.29 is 42.3 Å². The first-order chi connectivity index (χ1) is 22.7. The second kappa shape index (κ2) is 13.3. The number of carbonyl (C=O) groups is 4. The molecule has 4 heterocycles. The van der Waals surface area contributed by atoms with Gasteiger partial charge in [0.1, 0.15) is 12.1 Å². The molecule has 4 amide bonds. The van der Waals surface area contributed by atoms with Crippen LogP contribution in [0.4, 0.5) is 8.78 Å². The normalized spacial score (nSPS) is 23.9. The predicted octanol–water partition coefficient (Wildman–Crippen LogP) is 4.24. The van der Waals surface area contributed by atoms with E-state index in [1.807, 2.05) is 23.1 Å². The summed E-state index contributed by atoms with van der Waals surface area (Å²) in [7, 11) is -5.79. The van der Waals surface area contributed by atoms with Gasteiger partial charge in [-0.15, -0.1) is 11.3 Å². The first-order valence-electron chi connectivity index (χ1n) is 15.9. The summed E-state index contributed by atoms with van der Waals surface area (Å²) >= 11 is 0.963. The first kappa shape index (κ1) is 34.2. The van der Waals surface area contributed by atoms with E-state index >= 15 is 0 Å². The third-order valence-electron chi connectivity index (χ3n) is 9.68. The fraction of sp³-hybridized carbons (Fsp3) is 0.455. The van der Waals surface area contributed by atoms with Crippen LogP contribution in [-0.2, 0) is 24.6 Å². The highest BCUT2D eigenvalue weighted by Crippen LogP contribution is 2.59. The van der Waals surface area contributed by atoms with E-state index in [0.717, 1.165) is 36.3 Å². The lowest BCUT2D eigenvalue weighted by molar-refractivity contribution is -0.149. The number of amides is 4. The van der Waals surface area contributed by atoms with E-state index in [0.29, 0.717) is 43.6 Å². The summed E-state index contributed by atoms with van der Waals surface area (Å²) in [6.45, 7) is 2.78. The molecule has 0 radical (unpaired) electrons. The summed E-state index contributed by atoms with van der Waals surface area (Å²) in [5.74, 6) is -1.32. The molecule has 3 fully saturated rings. The molecule has 1 unspecified atom stereocenters. The number of alkyl halides is 2. The average molecular weight is 703 g/mol. The number of rotatable bonds is 6. The van der Waals surface area contributed by atoms with E-state index < -0.39 is 42.7 Å². The van der Waals surface area contributed by atoms with Crippen LogP contribution in [0.1, 0.15) is 65.7 Å². The van der Waals surface area contributed by atoms with Gasteiger partial charge in [0, 0.05) is 55.3 Å². The number of nitrogens with one attached hydrogen (secondary N) is 1. The van der Waals surface area contributed by atoms with Crippen molar-refractivity contribution in [2.75, 3.05) is 26.2 Å². The number of carbonyl (C=O) groups excluding carboxylic acids is 4. The molecular formula is C33H37F2N4O7PS. The highest BCUT2D eigenvalue weighted by atomic mass is 32.1. The number of likely N-dealkylation sites (tertiary alicyclic amines) is 1. The van der Waals surface area contributed by atoms with Gasteiger partial charge in [-0.3, -0.25) is 23.7 Å². The fourth-order valence-corrected chi connectivity index (χ4v) is 8.56. The van der Waals surface area contributed by atoms with Crippen LogP contribution < -0.4 is 5.32 Å². The molecule has 3 aliphatic heterocycles. The van der Waals surface area contributed by atoms with Crippen molar-refractivity contribution in [3.63, 3.8) is 0 Å². The number of nitrogens with zero attached hydrogens (tertiary/aromatic N) is 3. The van der Waals surface area contributed by atoms with E-state index in [9.17, 15) is 32.5 Å². The zero-order valence-corrected chi connectivity index (χ0v) is 28.0. The van der Waals surface area contributed by atoms with Gasteiger partial charge >= 0.3 is 13.3 Å². The van der Waals surface area contributed by atoms with Crippen molar-refractivity contribution in [1.29, 1.82) is 0 Å². The van der Waals surface area contributed by atoms with Crippen molar-refractivity contribution in [2.24, 2.45) is 0 Å². The van der Waals surface area contributed by atoms with E-state index in [1.165, 1.54) is 29.5 Å². The van der Waals surface area contributed by atoms with E-state index in [-0.39, 0.29) is 40.6 Å². The van der Waals surface area contributed by atoms with Crippen molar-refractivity contribution in [2.45, 2.75) is 68.7 Å². The maximum absolute atomic E-state index is 14.4. The van der Waals surface area contributed by atoms with Crippen LogP contribution in [0, 0.1) is 0 Å². The Hall–Kier alpha value is -3.71. The summed E-state index contributed by atoms with van der Waals surface area (Å²) < 4.78 is 40.5. The summed E-state index contributed by atoms with van der Waals surface area (Å²) in [5.41, 5.74) is -4.13. The molecule has 3 N–H and O–H groups in total. The molecule has 3 saturated heterocycles. The minimum atomic E-state index is -5.79. The molecule has 4 atom stereocenters. The van der Waals surface area contributed by atoms with Crippen molar-refractivity contribution in [3.8, 4) is 0 Å². The Morgan fingerprint density at radius 1 is 0.958 bits per heavy atom. The first-order valence-corrected chi connectivity index (χ1v) is 18.4. The van der Waals surface area contributed by atoms with Gasteiger partial charge in [0.25, 0.3) is 5.91 Å². The highest BCUT2D eigenvalue weighted by Gasteiger charge is 2.50. The number of halogens is 2. The van der Waals surface area contributed by atoms with Crippen LogP contribution in [-0.4, -0.2) is 92.4 Å². The standard InChI is InChI=1S/C33H37F2N4O7PS/c1-20(40)37-15-13-25-10-11-27(32(43)38-14-5-8-22(18-38)21-6-3-2-4-7-21)39(25)31(42)26(19-37)36-30(41)29-17-23-16-24(9-12-28(23)48-29)33(34,35)47(44,45)46/h2-4,6-7,9,12,16-17,22,25-27H,5,8,10-11,13-15,18-19H2,1H3,(H,36,41)(H2,44,45,46)/t22?,25-,26+,27+/m1/s1. The number of fused-ring (bicyclic) bond motifs is 2. The maximum Gasteiger partial charge on any atom is 0.399 e. The second-order valence-electron chi connectivity index (χ2n) is 12.8. The minimum Gasteiger partial charge on any atom is -0.340 e. The Morgan fingerprint density at radius 3 is 2.42 bits per heavy atom. The Bertz CT molecular complexity index is 1780. The van der Waals surface area contributed by atoms with Crippen LogP contribution in [0.5, 0.6) is 0 Å². The monoisotopic (exact) mass is 702 g/mol. The van der Waals surface area contributed by atoms with Crippen molar-refractivity contribution in [3.05, 3.63) is 70.6 Å². The number of hydrogen-bond donors (Lipinski definition) is 3. The topological polar surface area (TPSA) is 148 Å². The summed E-state index contributed by atoms with van der Waals surface area (Å²) in [4.78, 5) is 77.7. The number of thiophene rings is 1. The molecule has 11 nitrogen and oxygen atoms in total. The molecule has 6 rings (SSSR count). The van der Waals surface area contributed by atoms with Crippen LogP contribution in [0.2, 0.25) is 0 Å². The number of hydrogen-bond acceptors (Lipinski definition) is 6. The average Bonchev–Trinajstić information content (AvgIpc) is 3.68. The maximum atomic E-state index is 14.4. The third-order valence-corrected chi connectivity index (χ3v) is 11.8. The van der Waals surface area contributed by atoms with Gasteiger partial charge in [-0.2, -0.15) is 8.78 Å². The molecule has 48 heavy (non-hydrogen) atoms. The third kappa shape index (κ3) is 6.63. The zero-order valence-electron chi connectivity index (χ0n) is 26.3. The SMILES string of the molecule is CC(=O)N1CC[C@H]2CC[C@@H](C(=O)N3CCCC(c4ccccc4)C3)N2C(=O)[C@@H](NC(=O)c2cc3cc(C(F)(F)P(=O)(O)O)ccc3s2)C1. The quantitative estimate of drug-likeness (QED) is 0.326. The Labute approximate surface area is 280 Å². The lowest BCUT2D eigenvalue weighted by atomic mass is 9.90. The van der Waals surface area contributed by atoms with Gasteiger partial charge in [-0.1, -0.05) is 36.4 Å². The molecular weight excluding hydrogens is 665 g/mol. The molecule has 0 bridgehead atoms. The lowest BCUT2D eigenvalue weighted by Gasteiger charge is -2.40. The predicted molar refractivity (Wildman–Crippen MR) is 175 cm³/mol. The Kier molecular flexibility index (Phi) is 9.47. The Balaban J connectivity index is 1.23. The van der Waals surface area contributed by atoms with E-state index in [4.69, 9.17) is 9.79 Å². The molecule has 2 aromatic carbocycles. The van der Waals surface area contributed by atoms with Gasteiger partial charge in [0.15, 0.2) is 0 Å².